The zero-order valence-electron chi connectivity index (χ0n) is 13.9. The van der Waals surface area contributed by atoms with Gasteiger partial charge in [0.05, 0.1) is 27.7 Å². The molecule has 0 saturated carbocycles. The lowest BCUT2D eigenvalue weighted by molar-refractivity contribution is -0.869. The third kappa shape index (κ3) is 3.29. The van der Waals surface area contributed by atoms with Crippen LogP contribution in [0.4, 0.5) is 0 Å². The summed E-state index contributed by atoms with van der Waals surface area (Å²) >= 11 is 1.89. The molecule has 0 aliphatic carbocycles. The van der Waals surface area contributed by atoms with Crippen LogP contribution in [0, 0.1) is 6.92 Å². The van der Waals surface area contributed by atoms with Crippen LogP contribution in [-0.4, -0.2) is 32.2 Å². The van der Waals surface area contributed by atoms with Crippen molar-refractivity contribution < 1.29 is 4.48 Å². The number of rotatable bonds is 3. The van der Waals surface area contributed by atoms with Crippen LogP contribution < -0.4 is 0 Å². The van der Waals surface area contributed by atoms with Gasteiger partial charge < -0.3 is 4.48 Å². The number of quaternary nitrogens is 1. The highest BCUT2D eigenvalue weighted by Gasteiger charge is 2.20. The summed E-state index contributed by atoms with van der Waals surface area (Å²) in [5.41, 5.74) is 5.51. The maximum absolute atomic E-state index is 2.43. The number of aryl methyl sites for hydroxylation is 1. The second-order valence-corrected chi connectivity index (χ2v) is 8.10. The Morgan fingerprint density at radius 3 is 2.45 bits per heavy atom. The van der Waals surface area contributed by atoms with Crippen LogP contribution in [0.15, 0.2) is 58.3 Å². The molecule has 0 spiro atoms. The number of nitrogens with zero attached hydrogens (tertiary/aromatic N) is 1. The van der Waals surface area contributed by atoms with E-state index in [9.17, 15) is 0 Å². The van der Waals surface area contributed by atoms with Gasteiger partial charge in [-0.1, -0.05) is 53.7 Å². The number of benzene rings is 2. The van der Waals surface area contributed by atoms with Gasteiger partial charge in [-0.3, -0.25) is 0 Å². The molecule has 2 aromatic carbocycles. The first kappa shape index (κ1) is 15.4. The first-order chi connectivity index (χ1) is 10.4. The van der Waals surface area contributed by atoms with Crippen molar-refractivity contribution in [2.45, 2.75) is 23.1 Å². The molecule has 0 atom stereocenters. The molecule has 0 amide bonds. The van der Waals surface area contributed by atoms with E-state index in [0.717, 1.165) is 17.4 Å². The molecule has 114 valence electrons. The van der Waals surface area contributed by atoms with Gasteiger partial charge in [0.1, 0.15) is 0 Å². The van der Waals surface area contributed by atoms with Crippen LogP contribution in [0.1, 0.15) is 23.1 Å². The van der Waals surface area contributed by atoms with Crippen molar-refractivity contribution in [2.75, 3.05) is 27.7 Å². The minimum absolute atomic E-state index is 1.00. The quantitative estimate of drug-likeness (QED) is 0.614. The predicted octanol–water partition coefficient (Wildman–Crippen LogP) is 4.99. The summed E-state index contributed by atoms with van der Waals surface area (Å²) in [7, 11) is 6.75. The van der Waals surface area contributed by atoms with Crippen molar-refractivity contribution in [1.29, 1.82) is 0 Å². The van der Waals surface area contributed by atoms with Gasteiger partial charge in [0.2, 0.25) is 0 Å². The molecule has 1 nitrogen and oxygen atoms in total. The smallest absolute Gasteiger partial charge is 0.0815 e. The van der Waals surface area contributed by atoms with Crippen molar-refractivity contribution in [1.82, 2.24) is 0 Å². The number of fused-ring (bicyclic) bond motifs is 2. The minimum Gasteiger partial charge on any atom is -0.331 e. The predicted molar refractivity (Wildman–Crippen MR) is 96.3 cm³/mol. The lowest BCUT2D eigenvalue weighted by atomic mass is 9.95. The molecule has 0 unspecified atom stereocenters. The third-order valence-electron chi connectivity index (χ3n) is 3.97. The fraction of sp³-hybridized carbons (Fsp3) is 0.300. The largest absolute Gasteiger partial charge is 0.331 e. The molecule has 1 aliphatic rings. The summed E-state index contributed by atoms with van der Waals surface area (Å²) < 4.78 is 1.00. The van der Waals surface area contributed by atoms with E-state index in [1.54, 1.807) is 0 Å². The van der Waals surface area contributed by atoms with E-state index in [-0.39, 0.29) is 0 Å². The molecule has 1 aliphatic heterocycles. The Balaban J connectivity index is 2.04. The van der Waals surface area contributed by atoms with E-state index in [4.69, 9.17) is 0 Å². The Kier molecular flexibility index (Phi) is 4.16. The zero-order chi connectivity index (χ0) is 15.7. The van der Waals surface area contributed by atoms with Gasteiger partial charge in [-0.05, 0) is 35.8 Å². The Labute approximate surface area is 138 Å². The van der Waals surface area contributed by atoms with Crippen molar-refractivity contribution in [3.63, 3.8) is 0 Å². The van der Waals surface area contributed by atoms with E-state index < -0.39 is 0 Å². The van der Waals surface area contributed by atoms with Crippen LogP contribution >= 0.6 is 11.8 Å². The highest BCUT2D eigenvalue weighted by molar-refractivity contribution is 7.99. The van der Waals surface area contributed by atoms with Crippen molar-refractivity contribution in [3.05, 3.63) is 65.2 Å². The lowest BCUT2D eigenvalue weighted by Gasteiger charge is -2.25. The number of hydrogen-bond donors (Lipinski definition) is 0. The second kappa shape index (κ2) is 5.94. The first-order valence-corrected chi connectivity index (χ1v) is 8.64. The molecular formula is C20H24NS+. The van der Waals surface area contributed by atoms with E-state index in [1.165, 1.54) is 32.1 Å². The highest BCUT2D eigenvalue weighted by atomic mass is 32.2. The Morgan fingerprint density at radius 2 is 1.68 bits per heavy atom. The Morgan fingerprint density at radius 1 is 0.955 bits per heavy atom. The van der Waals surface area contributed by atoms with Gasteiger partial charge in [0.25, 0.3) is 0 Å². The van der Waals surface area contributed by atoms with E-state index in [1.807, 2.05) is 11.8 Å². The van der Waals surface area contributed by atoms with Gasteiger partial charge in [-0.2, -0.15) is 0 Å². The monoisotopic (exact) mass is 310 g/mol. The Bertz CT molecular complexity index is 723. The first-order valence-electron chi connectivity index (χ1n) is 7.83. The maximum Gasteiger partial charge on any atom is 0.0815 e. The van der Waals surface area contributed by atoms with Crippen LogP contribution in [0.3, 0.4) is 0 Å². The molecule has 2 heteroatoms. The Hall–Kier alpha value is -1.51. The maximum atomic E-state index is 2.43. The number of hydrogen-bond acceptors (Lipinski definition) is 1. The standard InChI is InChI=1S/C20H24NS/c1-15-11-12-20-18(14-15)16(9-7-13-21(2,3)4)17-8-5-6-10-19(17)22-20/h5-6,8-12,14H,7,13H2,1-4H3/q+1. The van der Waals surface area contributed by atoms with Crippen molar-refractivity contribution in [3.8, 4) is 0 Å². The second-order valence-electron chi connectivity index (χ2n) is 7.02. The molecule has 0 saturated heterocycles. The van der Waals surface area contributed by atoms with Gasteiger partial charge in [-0.15, -0.1) is 0 Å². The van der Waals surface area contributed by atoms with E-state index >= 15 is 0 Å². The molecule has 2 aromatic rings. The summed E-state index contributed by atoms with van der Waals surface area (Å²) in [6, 6.07) is 15.6. The normalized spacial score (nSPS) is 15.5. The topological polar surface area (TPSA) is 0 Å². The van der Waals surface area contributed by atoms with Crippen LogP contribution in [0.25, 0.3) is 5.57 Å². The van der Waals surface area contributed by atoms with E-state index in [2.05, 4.69) is 76.6 Å². The molecule has 0 aromatic heterocycles. The fourth-order valence-corrected chi connectivity index (χ4v) is 3.89. The van der Waals surface area contributed by atoms with Crippen LogP contribution in [0.5, 0.6) is 0 Å². The van der Waals surface area contributed by atoms with E-state index in [0.29, 0.717) is 0 Å². The SMILES string of the molecule is Cc1ccc2c(c1)C(=CCC[N+](C)(C)C)c1ccccc1S2. The van der Waals surface area contributed by atoms with Crippen molar-refractivity contribution in [2.24, 2.45) is 0 Å². The van der Waals surface area contributed by atoms with Gasteiger partial charge >= 0.3 is 0 Å². The summed E-state index contributed by atoms with van der Waals surface area (Å²) in [5.74, 6) is 0. The van der Waals surface area contributed by atoms with Gasteiger partial charge in [0, 0.05) is 16.2 Å². The van der Waals surface area contributed by atoms with Crippen LogP contribution in [0.2, 0.25) is 0 Å². The molecule has 0 N–H and O–H groups in total. The lowest BCUT2D eigenvalue weighted by Crippen LogP contribution is -2.34. The average molecular weight is 310 g/mol. The minimum atomic E-state index is 1.00. The highest BCUT2D eigenvalue weighted by Crippen LogP contribution is 2.45. The van der Waals surface area contributed by atoms with Gasteiger partial charge in [-0.25, -0.2) is 0 Å². The summed E-state index contributed by atoms with van der Waals surface area (Å²) in [6.07, 6.45) is 3.53. The molecule has 1 heterocycles. The van der Waals surface area contributed by atoms with Crippen molar-refractivity contribution >= 4 is 17.3 Å². The fourth-order valence-electron chi connectivity index (χ4n) is 2.80. The molecule has 22 heavy (non-hydrogen) atoms. The molecule has 3 rings (SSSR count). The average Bonchev–Trinajstić information content (AvgIpc) is 2.46. The summed E-state index contributed by atoms with van der Waals surface area (Å²) in [6.45, 7) is 3.33. The summed E-state index contributed by atoms with van der Waals surface area (Å²) in [4.78, 5) is 2.75. The van der Waals surface area contributed by atoms with Gasteiger partial charge in [0.15, 0.2) is 0 Å². The third-order valence-corrected chi connectivity index (χ3v) is 5.12. The molecular weight excluding hydrogens is 286 g/mol. The molecule has 0 fully saturated rings. The zero-order valence-corrected chi connectivity index (χ0v) is 14.7. The summed E-state index contributed by atoms with van der Waals surface area (Å²) in [5, 5.41) is 0. The molecule has 0 radical (unpaired) electrons. The van der Waals surface area contributed by atoms with Crippen LogP contribution in [-0.2, 0) is 0 Å². The molecule has 0 bridgehead atoms.